The molecule has 2 amide bonds. The summed E-state index contributed by atoms with van der Waals surface area (Å²) in [6, 6.07) is 15.4. The Kier molecular flexibility index (Phi) is 4.83. The molecule has 6 nitrogen and oxygen atoms in total. The number of benzene rings is 2. The Labute approximate surface area is 172 Å². The average Bonchev–Trinajstić information content (AvgIpc) is 3.18. The van der Waals surface area contributed by atoms with Gasteiger partial charge in [-0.05, 0) is 69.6 Å². The fourth-order valence-electron chi connectivity index (χ4n) is 3.60. The van der Waals surface area contributed by atoms with E-state index in [4.69, 9.17) is 14.0 Å². The maximum atomic E-state index is 13.1. The van der Waals surface area contributed by atoms with Gasteiger partial charge in [0.25, 0.3) is 0 Å². The van der Waals surface area contributed by atoms with Gasteiger partial charge in [0, 0.05) is 24.5 Å². The van der Waals surface area contributed by atoms with Crippen molar-refractivity contribution in [3.05, 3.63) is 48.5 Å². The maximum Gasteiger partial charge on any atom is 0.494 e. The van der Waals surface area contributed by atoms with Gasteiger partial charge < -0.3 is 14.0 Å². The first-order valence-electron chi connectivity index (χ1n) is 9.90. The van der Waals surface area contributed by atoms with E-state index >= 15 is 0 Å². The summed E-state index contributed by atoms with van der Waals surface area (Å²) >= 11 is 0. The van der Waals surface area contributed by atoms with E-state index < -0.39 is 18.3 Å². The Hall–Kier alpha value is -2.51. The first kappa shape index (κ1) is 19.8. The lowest BCUT2D eigenvalue weighted by atomic mass is 9.79. The lowest BCUT2D eigenvalue weighted by Gasteiger charge is -2.32. The van der Waals surface area contributed by atoms with Crippen LogP contribution in [0.3, 0.4) is 0 Å². The molecular formula is C22H27BN2O4. The van der Waals surface area contributed by atoms with Crippen LogP contribution in [0.4, 0.5) is 16.2 Å². The van der Waals surface area contributed by atoms with Crippen molar-refractivity contribution in [3.8, 4) is 5.75 Å². The van der Waals surface area contributed by atoms with E-state index in [0.717, 1.165) is 22.6 Å². The predicted molar refractivity (Wildman–Crippen MR) is 115 cm³/mol. The lowest BCUT2D eigenvalue weighted by molar-refractivity contribution is 0.00578. The normalized spacial score (nSPS) is 20.4. The molecule has 0 N–H and O–H groups in total. The summed E-state index contributed by atoms with van der Waals surface area (Å²) in [4.78, 5) is 16.6. The molecule has 0 atom stereocenters. The summed E-state index contributed by atoms with van der Waals surface area (Å²) in [6.45, 7) is 9.39. The molecule has 0 radical (unpaired) electrons. The van der Waals surface area contributed by atoms with Crippen LogP contribution in [0.5, 0.6) is 5.75 Å². The van der Waals surface area contributed by atoms with Crippen molar-refractivity contribution in [1.29, 1.82) is 0 Å². The second kappa shape index (κ2) is 7.08. The Morgan fingerprint density at radius 1 is 0.897 bits per heavy atom. The Bertz CT molecular complexity index is 897. The molecule has 2 saturated heterocycles. The van der Waals surface area contributed by atoms with Crippen molar-refractivity contribution < 1.29 is 18.8 Å². The van der Waals surface area contributed by atoms with Crippen LogP contribution in [0.1, 0.15) is 27.7 Å². The van der Waals surface area contributed by atoms with E-state index in [1.54, 1.807) is 16.9 Å². The topological polar surface area (TPSA) is 51.2 Å². The third kappa shape index (κ3) is 3.49. The van der Waals surface area contributed by atoms with Crippen LogP contribution in [0, 0.1) is 0 Å². The van der Waals surface area contributed by atoms with E-state index in [9.17, 15) is 4.79 Å². The minimum Gasteiger partial charge on any atom is -0.497 e. The van der Waals surface area contributed by atoms with Gasteiger partial charge in [-0.25, -0.2) is 4.79 Å². The Balaban J connectivity index is 1.54. The second-order valence-electron chi connectivity index (χ2n) is 8.47. The molecule has 0 bridgehead atoms. The van der Waals surface area contributed by atoms with Crippen molar-refractivity contribution in [2.75, 3.05) is 30.0 Å². The third-order valence-corrected chi connectivity index (χ3v) is 6.10. The number of amides is 2. The number of hydrogen-bond donors (Lipinski definition) is 0. The Morgan fingerprint density at radius 2 is 1.48 bits per heavy atom. The van der Waals surface area contributed by atoms with Gasteiger partial charge in [0.15, 0.2) is 0 Å². The van der Waals surface area contributed by atoms with Crippen LogP contribution in [0.25, 0.3) is 0 Å². The smallest absolute Gasteiger partial charge is 0.494 e. The number of carbonyl (C=O) groups is 1. The number of carbonyl (C=O) groups excluding carboxylic acids is 1. The second-order valence-corrected chi connectivity index (χ2v) is 8.47. The quantitative estimate of drug-likeness (QED) is 0.746. The zero-order valence-electron chi connectivity index (χ0n) is 17.6. The van der Waals surface area contributed by atoms with Crippen LogP contribution >= 0.6 is 0 Å². The van der Waals surface area contributed by atoms with Crippen molar-refractivity contribution in [3.63, 3.8) is 0 Å². The number of hydrogen-bond acceptors (Lipinski definition) is 4. The number of methoxy groups -OCH3 is 1. The largest absolute Gasteiger partial charge is 0.497 e. The number of ether oxygens (including phenoxy) is 1. The molecule has 2 aliphatic rings. The number of urea groups is 1. The molecule has 0 aliphatic carbocycles. The summed E-state index contributed by atoms with van der Waals surface area (Å²) in [6.07, 6.45) is 0. The predicted octanol–water partition coefficient (Wildman–Crippen LogP) is 3.44. The number of nitrogens with zero attached hydrogens (tertiary/aromatic N) is 2. The molecule has 0 aromatic heterocycles. The summed E-state index contributed by atoms with van der Waals surface area (Å²) < 4.78 is 17.5. The molecule has 2 fully saturated rings. The molecule has 0 spiro atoms. The van der Waals surface area contributed by atoms with Crippen LogP contribution in [0.15, 0.2) is 48.5 Å². The fraction of sp³-hybridized carbons (Fsp3) is 0.409. The van der Waals surface area contributed by atoms with Gasteiger partial charge >= 0.3 is 13.1 Å². The maximum absolute atomic E-state index is 13.1. The van der Waals surface area contributed by atoms with Crippen molar-refractivity contribution in [1.82, 2.24) is 0 Å². The first-order valence-corrected chi connectivity index (χ1v) is 9.90. The van der Waals surface area contributed by atoms with Crippen LogP contribution in [-0.2, 0) is 9.31 Å². The van der Waals surface area contributed by atoms with E-state index in [2.05, 4.69) is 0 Å². The van der Waals surface area contributed by atoms with Crippen LogP contribution in [-0.4, -0.2) is 44.6 Å². The Morgan fingerprint density at radius 3 is 2.07 bits per heavy atom. The minimum atomic E-state index is -0.449. The summed E-state index contributed by atoms with van der Waals surface area (Å²) in [7, 11) is 1.18. The number of anilines is 2. The average molecular weight is 394 g/mol. The first-order chi connectivity index (χ1) is 13.7. The lowest BCUT2D eigenvalue weighted by Crippen LogP contribution is -2.41. The van der Waals surface area contributed by atoms with Gasteiger partial charge in [-0.15, -0.1) is 0 Å². The molecule has 2 heterocycles. The van der Waals surface area contributed by atoms with Gasteiger partial charge in [-0.3, -0.25) is 9.80 Å². The van der Waals surface area contributed by atoms with Gasteiger partial charge in [-0.1, -0.05) is 12.1 Å². The molecule has 152 valence electrons. The van der Waals surface area contributed by atoms with E-state index in [0.29, 0.717) is 13.1 Å². The molecule has 0 unspecified atom stereocenters. The van der Waals surface area contributed by atoms with Gasteiger partial charge in [-0.2, -0.15) is 0 Å². The van der Waals surface area contributed by atoms with Gasteiger partial charge in [0.2, 0.25) is 0 Å². The molecule has 2 aliphatic heterocycles. The van der Waals surface area contributed by atoms with Gasteiger partial charge in [0.05, 0.1) is 18.3 Å². The number of rotatable bonds is 4. The van der Waals surface area contributed by atoms with E-state index in [1.807, 2.05) is 76.2 Å². The highest BCUT2D eigenvalue weighted by atomic mass is 16.7. The summed E-state index contributed by atoms with van der Waals surface area (Å²) in [5.74, 6) is 0.771. The highest BCUT2D eigenvalue weighted by Crippen LogP contribution is 2.36. The van der Waals surface area contributed by atoms with Crippen molar-refractivity contribution in [2.45, 2.75) is 38.9 Å². The zero-order valence-corrected chi connectivity index (χ0v) is 17.6. The van der Waals surface area contributed by atoms with Gasteiger partial charge in [0.1, 0.15) is 5.75 Å². The molecule has 2 aromatic carbocycles. The molecule has 2 aromatic rings. The molecule has 0 saturated carbocycles. The van der Waals surface area contributed by atoms with Crippen LogP contribution in [0.2, 0.25) is 0 Å². The molecule has 7 heteroatoms. The monoisotopic (exact) mass is 394 g/mol. The minimum absolute atomic E-state index is 0.0405. The SMILES string of the molecule is COc1ccc(N2CCN(c3cccc(B4OC(C)(C)C(C)(C)O4)c3)C2=O)cc1. The third-order valence-electron chi connectivity index (χ3n) is 6.10. The molecule has 4 rings (SSSR count). The van der Waals surface area contributed by atoms with Crippen LogP contribution < -0.4 is 20.0 Å². The molecule has 29 heavy (non-hydrogen) atoms. The summed E-state index contributed by atoms with van der Waals surface area (Å²) in [5.41, 5.74) is 1.82. The zero-order chi connectivity index (χ0) is 20.8. The molecular weight excluding hydrogens is 367 g/mol. The standard InChI is InChI=1S/C22H27BN2O4/c1-21(2)22(3,4)29-23(28-21)16-7-6-8-18(15-16)25-14-13-24(20(25)26)17-9-11-19(27-5)12-10-17/h6-12,15H,13-14H2,1-5H3. The van der Waals surface area contributed by atoms with E-state index in [-0.39, 0.29) is 6.03 Å². The fourth-order valence-corrected chi connectivity index (χ4v) is 3.60. The van der Waals surface area contributed by atoms with Crippen molar-refractivity contribution >= 4 is 30.0 Å². The van der Waals surface area contributed by atoms with E-state index in [1.165, 1.54) is 0 Å². The van der Waals surface area contributed by atoms with Crippen molar-refractivity contribution in [2.24, 2.45) is 0 Å². The highest BCUT2D eigenvalue weighted by molar-refractivity contribution is 6.62. The summed E-state index contributed by atoms with van der Waals surface area (Å²) in [5, 5.41) is 0. The highest BCUT2D eigenvalue weighted by Gasteiger charge is 2.51.